The highest BCUT2D eigenvalue weighted by atomic mass is 32.2. The van der Waals surface area contributed by atoms with Gasteiger partial charge in [-0.2, -0.15) is 0 Å². The fourth-order valence-electron chi connectivity index (χ4n) is 2.95. The van der Waals surface area contributed by atoms with Crippen molar-refractivity contribution < 1.29 is 13.3 Å². The van der Waals surface area contributed by atoms with Gasteiger partial charge in [0.05, 0.1) is 10.2 Å². The summed E-state index contributed by atoms with van der Waals surface area (Å²) in [6.07, 6.45) is 3.65. The zero-order valence-electron chi connectivity index (χ0n) is 12.2. The molecule has 0 aliphatic heterocycles. The number of non-ortho nitro benzene ring substituents is 1. The number of nitro groups is 1. The molecule has 0 saturated heterocycles. The predicted octanol–water partition coefficient (Wildman–Crippen LogP) is 2.21. The van der Waals surface area contributed by atoms with Crippen LogP contribution in [0.15, 0.2) is 24.3 Å². The summed E-state index contributed by atoms with van der Waals surface area (Å²) in [7, 11) is -3.07. The van der Waals surface area contributed by atoms with E-state index in [1.165, 1.54) is 18.4 Å². The Balaban J connectivity index is 2.12. The number of benzene rings is 1. The molecule has 1 aromatic rings. The van der Waals surface area contributed by atoms with Crippen molar-refractivity contribution in [3.05, 3.63) is 39.9 Å². The molecule has 0 radical (unpaired) electrons. The molecule has 3 atom stereocenters. The fraction of sp³-hybridized carbons (Fsp3) is 0.571. The molecule has 116 valence electrons. The van der Waals surface area contributed by atoms with E-state index in [4.69, 9.17) is 0 Å². The third-order valence-corrected chi connectivity index (χ3v) is 5.71. The van der Waals surface area contributed by atoms with Gasteiger partial charge in [-0.15, -0.1) is 0 Å². The molecular formula is C14H20N2O4S. The molecule has 1 N–H and O–H groups in total. The van der Waals surface area contributed by atoms with Crippen LogP contribution in [-0.4, -0.2) is 30.9 Å². The Bertz CT molecular complexity index is 630. The van der Waals surface area contributed by atoms with Crippen LogP contribution in [0.25, 0.3) is 0 Å². The van der Waals surface area contributed by atoms with Crippen molar-refractivity contribution in [2.24, 2.45) is 0 Å². The monoisotopic (exact) mass is 312 g/mol. The highest BCUT2D eigenvalue weighted by Gasteiger charge is 2.35. The van der Waals surface area contributed by atoms with Crippen molar-refractivity contribution >= 4 is 15.5 Å². The Kier molecular flexibility index (Phi) is 4.63. The van der Waals surface area contributed by atoms with Crippen LogP contribution in [0.3, 0.4) is 0 Å². The van der Waals surface area contributed by atoms with Crippen molar-refractivity contribution in [1.82, 2.24) is 5.32 Å². The number of nitrogens with one attached hydrogen (secondary N) is 1. The molecule has 0 aromatic heterocycles. The molecular weight excluding hydrogens is 292 g/mol. The topological polar surface area (TPSA) is 89.3 Å². The lowest BCUT2D eigenvalue weighted by Gasteiger charge is -2.24. The summed E-state index contributed by atoms with van der Waals surface area (Å²) in [6, 6.07) is 6.22. The number of hydrogen-bond acceptors (Lipinski definition) is 5. The maximum Gasteiger partial charge on any atom is 0.269 e. The van der Waals surface area contributed by atoms with E-state index in [1.54, 1.807) is 6.07 Å². The third kappa shape index (κ3) is 3.79. The summed E-state index contributed by atoms with van der Waals surface area (Å²) >= 11 is 0. The van der Waals surface area contributed by atoms with E-state index in [2.05, 4.69) is 5.32 Å². The average Bonchev–Trinajstić information content (AvgIpc) is 2.87. The molecule has 1 aliphatic carbocycles. The number of hydrogen-bond donors (Lipinski definition) is 1. The van der Waals surface area contributed by atoms with Gasteiger partial charge >= 0.3 is 0 Å². The first-order valence-electron chi connectivity index (χ1n) is 6.98. The summed E-state index contributed by atoms with van der Waals surface area (Å²) in [5, 5.41) is 13.8. The van der Waals surface area contributed by atoms with Gasteiger partial charge in [0.1, 0.15) is 0 Å². The molecule has 1 aromatic carbocycles. The Morgan fingerprint density at radius 3 is 2.71 bits per heavy atom. The molecule has 1 saturated carbocycles. The Labute approximate surface area is 124 Å². The van der Waals surface area contributed by atoms with Gasteiger partial charge in [-0.25, -0.2) is 8.42 Å². The van der Waals surface area contributed by atoms with E-state index < -0.39 is 14.8 Å². The Morgan fingerprint density at radius 2 is 2.10 bits per heavy atom. The maximum atomic E-state index is 11.8. The minimum atomic E-state index is -3.07. The molecule has 3 unspecified atom stereocenters. The van der Waals surface area contributed by atoms with Crippen LogP contribution in [-0.2, 0) is 9.84 Å². The molecule has 2 rings (SSSR count). The van der Waals surface area contributed by atoms with E-state index in [0.717, 1.165) is 18.4 Å². The third-order valence-electron chi connectivity index (χ3n) is 4.05. The van der Waals surface area contributed by atoms with Crippen LogP contribution < -0.4 is 5.32 Å². The van der Waals surface area contributed by atoms with Crippen LogP contribution in [0.5, 0.6) is 0 Å². The van der Waals surface area contributed by atoms with Gasteiger partial charge in [-0.3, -0.25) is 10.1 Å². The number of nitrogens with zero attached hydrogens (tertiary/aromatic N) is 1. The van der Waals surface area contributed by atoms with Crippen LogP contribution >= 0.6 is 0 Å². The summed E-state index contributed by atoms with van der Waals surface area (Å²) in [4.78, 5) is 10.4. The van der Waals surface area contributed by atoms with E-state index in [-0.39, 0.29) is 23.0 Å². The molecule has 0 heterocycles. The predicted molar refractivity (Wildman–Crippen MR) is 80.9 cm³/mol. The quantitative estimate of drug-likeness (QED) is 0.665. The van der Waals surface area contributed by atoms with Gasteiger partial charge in [-0.1, -0.05) is 18.6 Å². The molecule has 1 fully saturated rings. The zero-order valence-corrected chi connectivity index (χ0v) is 13.0. The molecule has 6 nitrogen and oxygen atoms in total. The second kappa shape index (κ2) is 6.11. The smallest absolute Gasteiger partial charge is 0.269 e. The summed E-state index contributed by atoms with van der Waals surface area (Å²) in [5.41, 5.74) is 0.843. The number of rotatable bonds is 5. The van der Waals surface area contributed by atoms with Crippen molar-refractivity contribution in [3.8, 4) is 0 Å². The molecule has 0 spiro atoms. The van der Waals surface area contributed by atoms with E-state index in [0.29, 0.717) is 6.42 Å². The molecule has 0 amide bonds. The minimum absolute atomic E-state index is 0.0484. The SMILES string of the molecule is CC(NC1CCCC1S(C)(=O)=O)c1cccc([N+](=O)[O-])c1. The zero-order chi connectivity index (χ0) is 15.6. The van der Waals surface area contributed by atoms with E-state index >= 15 is 0 Å². The van der Waals surface area contributed by atoms with Crippen LogP contribution in [0.4, 0.5) is 5.69 Å². The lowest BCUT2D eigenvalue weighted by Crippen LogP contribution is -2.41. The van der Waals surface area contributed by atoms with Crippen LogP contribution in [0.1, 0.15) is 37.8 Å². The Morgan fingerprint density at radius 1 is 1.38 bits per heavy atom. The minimum Gasteiger partial charge on any atom is -0.306 e. The van der Waals surface area contributed by atoms with Crippen molar-refractivity contribution in [2.75, 3.05) is 6.26 Å². The lowest BCUT2D eigenvalue weighted by molar-refractivity contribution is -0.384. The van der Waals surface area contributed by atoms with E-state index in [1.807, 2.05) is 13.0 Å². The van der Waals surface area contributed by atoms with Gasteiger partial charge in [0.25, 0.3) is 5.69 Å². The largest absolute Gasteiger partial charge is 0.306 e. The normalized spacial score (nSPS) is 23.9. The second-order valence-electron chi connectivity index (χ2n) is 5.65. The number of sulfone groups is 1. The summed E-state index contributed by atoms with van der Waals surface area (Å²) < 4.78 is 23.6. The maximum absolute atomic E-state index is 11.8. The van der Waals surface area contributed by atoms with E-state index in [9.17, 15) is 18.5 Å². The lowest BCUT2D eigenvalue weighted by atomic mass is 10.1. The summed E-state index contributed by atoms with van der Waals surface area (Å²) in [5.74, 6) is 0. The van der Waals surface area contributed by atoms with Crippen molar-refractivity contribution in [1.29, 1.82) is 0 Å². The van der Waals surface area contributed by atoms with Crippen molar-refractivity contribution in [3.63, 3.8) is 0 Å². The fourth-order valence-corrected chi connectivity index (χ4v) is 4.36. The first kappa shape index (κ1) is 15.9. The average molecular weight is 312 g/mol. The van der Waals surface area contributed by atoms with Gasteiger partial charge in [-0.05, 0) is 25.3 Å². The van der Waals surface area contributed by atoms with Gasteiger partial charge < -0.3 is 5.32 Å². The van der Waals surface area contributed by atoms with Gasteiger partial charge in [0.15, 0.2) is 9.84 Å². The highest BCUT2D eigenvalue weighted by molar-refractivity contribution is 7.91. The first-order valence-corrected chi connectivity index (χ1v) is 8.94. The highest BCUT2D eigenvalue weighted by Crippen LogP contribution is 2.28. The standard InChI is InChI=1S/C14H20N2O4S/c1-10(11-5-3-6-12(9-11)16(17)18)15-13-7-4-8-14(13)21(2,19)20/h3,5-6,9-10,13-15H,4,7-8H2,1-2H3. The van der Waals surface area contributed by atoms with Gasteiger partial charge in [0.2, 0.25) is 0 Å². The van der Waals surface area contributed by atoms with Crippen LogP contribution in [0, 0.1) is 10.1 Å². The molecule has 1 aliphatic rings. The molecule has 21 heavy (non-hydrogen) atoms. The molecule has 0 bridgehead atoms. The second-order valence-corrected chi connectivity index (χ2v) is 7.91. The number of nitro benzene ring substituents is 1. The van der Waals surface area contributed by atoms with Crippen molar-refractivity contribution in [2.45, 2.75) is 43.5 Å². The Hall–Kier alpha value is -1.47. The van der Waals surface area contributed by atoms with Crippen LogP contribution in [0.2, 0.25) is 0 Å². The first-order chi connectivity index (χ1) is 9.79. The molecule has 7 heteroatoms. The summed E-state index contributed by atoms with van der Waals surface area (Å²) in [6.45, 7) is 1.90. The van der Waals surface area contributed by atoms with Gasteiger partial charge in [0, 0.05) is 30.5 Å².